The van der Waals surface area contributed by atoms with E-state index in [1.54, 1.807) is 0 Å². The fourth-order valence-corrected chi connectivity index (χ4v) is 0.993. The number of thioether (sulfide) groups is 1. The largest absolute Gasteiger partial charge is 0.480 e. The molecule has 0 bridgehead atoms. The summed E-state index contributed by atoms with van der Waals surface area (Å²) in [6, 6.07) is 0. The zero-order valence-corrected chi connectivity index (χ0v) is 8.54. The summed E-state index contributed by atoms with van der Waals surface area (Å²) in [7, 11) is 0. The van der Waals surface area contributed by atoms with Crippen LogP contribution in [-0.2, 0) is 9.53 Å². The van der Waals surface area contributed by atoms with Gasteiger partial charge < -0.3 is 9.84 Å². The maximum atomic E-state index is 11.6. The molecular weight excluding hydrogens is 221 g/mol. The van der Waals surface area contributed by atoms with Crippen molar-refractivity contribution in [2.75, 3.05) is 12.5 Å². The van der Waals surface area contributed by atoms with Gasteiger partial charge in [0.25, 0.3) is 0 Å². The van der Waals surface area contributed by atoms with E-state index in [-0.39, 0.29) is 5.94 Å². The van der Waals surface area contributed by atoms with Crippen LogP contribution >= 0.6 is 11.8 Å². The average Bonchev–Trinajstić information content (AvgIpc) is 1.96. The Labute approximate surface area is 83.6 Å². The highest BCUT2D eigenvalue weighted by Gasteiger charge is 2.30. The number of ether oxygens (including phenoxy) is 1. The van der Waals surface area contributed by atoms with Gasteiger partial charge in [-0.25, -0.2) is 0 Å². The molecular formula is C7H11F3O3S. The van der Waals surface area contributed by atoms with E-state index in [1.165, 1.54) is 13.8 Å². The van der Waals surface area contributed by atoms with Crippen molar-refractivity contribution in [3.8, 4) is 0 Å². The molecule has 1 N–H and O–H groups in total. The van der Waals surface area contributed by atoms with Gasteiger partial charge in [0.05, 0.1) is 5.94 Å². The standard InChI is InChI=1S/C7H11F3O3S/c1-6(2,5(11)12)14-4-13-3-7(8,9)10/h3-4H2,1-2H3,(H,11,12). The summed E-state index contributed by atoms with van der Waals surface area (Å²) < 4.78 is 37.9. The van der Waals surface area contributed by atoms with Crippen LogP contribution in [0.5, 0.6) is 0 Å². The zero-order chi connectivity index (χ0) is 11.4. The van der Waals surface area contributed by atoms with Crippen molar-refractivity contribution in [3.05, 3.63) is 0 Å². The molecule has 0 saturated heterocycles. The van der Waals surface area contributed by atoms with Crippen molar-refractivity contribution in [1.82, 2.24) is 0 Å². The number of alkyl halides is 3. The normalized spacial score (nSPS) is 12.9. The second-order valence-corrected chi connectivity index (χ2v) is 4.59. The Bertz CT molecular complexity index is 203. The molecule has 0 aliphatic heterocycles. The zero-order valence-electron chi connectivity index (χ0n) is 7.72. The fraction of sp³-hybridized carbons (Fsp3) is 0.857. The van der Waals surface area contributed by atoms with Crippen molar-refractivity contribution < 1.29 is 27.8 Å². The summed E-state index contributed by atoms with van der Waals surface area (Å²) in [4.78, 5) is 10.5. The van der Waals surface area contributed by atoms with Gasteiger partial charge in [0.2, 0.25) is 0 Å². The molecule has 0 aromatic heterocycles. The molecule has 7 heteroatoms. The number of aliphatic carboxylic acids is 1. The monoisotopic (exact) mass is 232 g/mol. The van der Waals surface area contributed by atoms with Crippen LogP contribution in [0.2, 0.25) is 0 Å². The maximum absolute atomic E-state index is 11.6. The van der Waals surface area contributed by atoms with E-state index in [9.17, 15) is 18.0 Å². The number of carboxylic acid groups (broad SMARTS) is 1. The molecule has 0 aliphatic carbocycles. The Morgan fingerprint density at radius 1 is 1.43 bits per heavy atom. The van der Waals surface area contributed by atoms with Gasteiger partial charge in [-0.05, 0) is 13.8 Å². The van der Waals surface area contributed by atoms with Gasteiger partial charge in [-0.3, -0.25) is 4.79 Å². The third-order valence-corrected chi connectivity index (χ3v) is 2.46. The van der Waals surface area contributed by atoms with Crippen LogP contribution in [0.3, 0.4) is 0 Å². The number of hydrogen-bond acceptors (Lipinski definition) is 3. The Morgan fingerprint density at radius 3 is 2.29 bits per heavy atom. The lowest BCUT2D eigenvalue weighted by molar-refractivity contribution is -0.168. The lowest BCUT2D eigenvalue weighted by Crippen LogP contribution is -2.28. The van der Waals surface area contributed by atoms with Crippen LogP contribution in [0.4, 0.5) is 13.2 Å². The van der Waals surface area contributed by atoms with Crippen molar-refractivity contribution >= 4 is 17.7 Å². The highest BCUT2D eigenvalue weighted by atomic mass is 32.2. The molecule has 0 radical (unpaired) electrons. The van der Waals surface area contributed by atoms with Gasteiger partial charge in [0.15, 0.2) is 0 Å². The Balaban J connectivity index is 3.70. The predicted molar refractivity (Wildman–Crippen MR) is 46.2 cm³/mol. The van der Waals surface area contributed by atoms with Gasteiger partial charge in [-0.2, -0.15) is 13.2 Å². The van der Waals surface area contributed by atoms with Crippen LogP contribution in [-0.4, -0.2) is 34.5 Å². The van der Waals surface area contributed by atoms with Gasteiger partial charge in [0, 0.05) is 0 Å². The Hall–Kier alpha value is -0.430. The van der Waals surface area contributed by atoms with Crippen molar-refractivity contribution in [3.63, 3.8) is 0 Å². The molecule has 0 rings (SSSR count). The first-order chi connectivity index (χ1) is 6.15. The third-order valence-electron chi connectivity index (χ3n) is 1.28. The molecule has 14 heavy (non-hydrogen) atoms. The van der Waals surface area contributed by atoms with Crippen molar-refractivity contribution in [2.45, 2.75) is 24.8 Å². The minimum Gasteiger partial charge on any atom is -0.480 e. The summed E-state index contributed by atoms with van der Waals surface area (Å²) in [5.74, 6) is -1.38. The van der Waals surface area contributed by atoms with Crippen LogP contribution in [0.15, 0.2) is 0 Å². The lowest BCUT2D eigenvalue weighted by Gasteiger charge is -2.18. The summed E-state index contributed by atoms with van der Waals surface area (Å²) in [5, 5.41) is 8.60. The number of carboxylic acids is 1. The van der Waals surface area contributed by atoms with Gasteiger partial charge in [-0.1, -0.05) is 0 Å². The lowest BCUT2D eigenvalue weighted by atomic mass is 10.2. The highest BCUT2D eigenvalue weighted by Crippen LogP contribution is 2.25. The molecule has 84 valence electrons. The topological polar surface area (TPSA) is 46.5 Å². The van der Waals surface area contributed by atoms with Gasteiger partial charge in [-0.15, -0.1) is 11.8 Å². The molecule has 3 nitrogen and oxygen atoms in total. The van der Waals surface area contributed by atoms with E-state index in [1.807, 2.05) is 0 Å². The Kier molecular flexibility index (Phi) is 4.73. The molecule has 0 heterocycles. The minimum absolute atomic E-state index is 0.293. The molecule has 0 aliphatic rings. The molecule has 0 fully saturated rings. The second kappa shape index (κ2) is 4.88. The summed E-state index contributed by atoms with van der Waals surface area (Å²) in [5.41, 5.74) is 0. The summed E-state index contributed by atoms with van der Waals surface area (Å²) in [6.45, 7) is 1.45. The van der Waals surface area contributed by atoms with Gasteiger partial charge in [0.1, 0.15) is 11.4 Å². The van der Waals surface area contributed by atoms with E-state index in [2.05, 4.69) is 4.74 Å². The highest BCUT2D eigenvalue weighted by molar-refractivity contribution is 8.01. The second-order valence-electron chi connectivity index (χ2n) is 3.04. The number of hydrogen-bond donors (Lipinski definition) is 1. The van der Waals surface area contributed by atoms with E-state index < -0.39 is 23.5 Å². The molecule has 0 unspecified atom stereocenters. The number of rotatable bonds is 5. The first-order valence-corrected chi connectivity index (χ1v) is 4.65. The first kappa shape index (κ1) is 13.6. The number of carbonyl (C=O) groups is 1. The van der Waals surface area contributed by atoms with Crippen LogP contribution in [0, 0.1) is 0 Å². The third kappa shape index (κ3) is 6.09. The summed E-state index contributed by atoms with van der Waals surface area (Å²) >= 11 is 0.806. The van der Waals surface area contributed by atoms with Gasteiger partial charge >= 0.3 is 12.1 Å². The maximum Gasteiger partial charge on any atom is 0.411 e. The molecule has 0 amide bonds. The molecule has 0 aromatic rings. The van der Waals surface area contributed by atoms with Crippen LogP contribution in [0.1, 0.15) is 13.8 Å². The Morgan fingerprint density at radius 2 is 1.93 bits per heavy atom. The molecule has 0 atom stereocenters. The first-order valence-electron chi connectivity index (χ1n) is 3.67. The number of halogens is 3. The van der Waals surface area contributed by atoms with Crippen LogP contribution < -0.4 is 0 Å². The summed E-state index contributed by atoms with van der Waals surface area (Å²) in [6.07, 6.45) is -4.37. The molecule has 0 spiro atoms. The van der Waals surface area contributed by atoms with E-state index in [4.69, 9.17) is 5.11 Å². The average molecular weight is 232 g/mol. The quantitative estimate of drug-likeness (QED) is 0.582. The van der Waals surface area contributed by atoms with E-state index in [0.717, 1.165) is 11.8 Å². The van der Waals surface area contributed by atoms with E-state index >= 15 is 0 Å². The van der Waals surface area contributed by atoms with E-state index in [0.29, 0.717) is 0 Å². The predicted octanol–water partition coefficient (Wildman–Crippen LogP) is 2.12. The minimum atomic E-state index is -4.37. The van der Waals surface area contributed by atoms with Crippen LogP contribution in [0.25, 0.3) is 0 Å². The fourth-order valence-electron chi connectivity index (χ4n) is 0.408. The molecule has 0 aromatic carbocycles. The van der Waals surface area contributed by atoms with Crippen molar-refractivity contribution in [1.29, 1.82) is 0 Å². The smallest absolute Gasteiger partial charge is 0.411 e. The van der Waals surface area contributed by atoms with Crippen molar-refractivity contribution in [2.24, 2.45) is 0 Å². The molecule has 0 saturated carbocycles. The SMILES string of the molecule is CC(C)(SCOCC(F)(F)F)C(=O)O.